The summed E-state index contributed by atoms with van der Waals surface area (Å²) in [4.78, 5) is 12.0. The van der Waals surface area contributed by atoms with Crippen LogP contribution in [0.2, 0.25) is 0 Å². The highest BCUT2D eigenvalue weighted by atomic mass is 16.1. The normalized spacial score (nSPS) is 18.0. The number of hydrogen-bond donors (Lipinski definition) is 0. The van der Waals surface area contributed by atoms with Gasteiger partial charge in [0.15, 0.2) is 5.78 Å². The molecule has 1 fully saturated rings. The van der Waals surface area contributed by atoms with Gasteiger partial charge in [0, 0.05) is 24.6 Å². The molecule has 0 saturated carbocycles. The van der Waals surface area contributed by atoms with Crippen LogP contribution in [0.25, 0.3) is 0 Å². The Hall–Kier alpha value is -1.15. The van der Waals surface area contributed by atoms with Crippen molar-refractivity contribution >= 4 is 5.78 Å². The summed E-state index contributed by atoms with van der Waals surface area (Å²) in [6.45, 7) is 1.70. The molecule has 1 aliphatic heterocycles. The van der Waals surface area contributed by atoms with E-state index in [1.165, 1.54) is 0 Å². The third-order valence-electron chi connectivity index (χ3n) is 2.70. The van der Waals surface area contributed by atoms with E-state index in [0.29, 0.717) is 5.78 Å². The van der Waals surface area contributed by atoms with Crippen molar-refractivity contribution in [1.29, 1.82) is 0 Å². The van der Waals surface area contributed by atoms with Crippen molar-refractivity contribution < 1.29 is 4.79 Å². The fourth-order valence-electron chi connectivity index (χ4n) is 1.85. The molecule has 1 aliphatic rings. The van der Waals surface area contributed by atoms with Crippen LogP contribution in [0.1, 0.15) is 23.2 Å². The molecule has 1 heterocycles. The highest BCUT2D eigenvalue weighted by Crippen LogP contribution is 2.18. The van der Waals surface area contributed by atoms with Gasteiger partial charge in [-0.05, 0) is 12.8 Å². The average Bonchev–Trinajstić information content (AvgIpc) is 2.30. The van der Waals surface area contributed by atoms with Crippen molar-refractivity contribution in [3.63, 3.8) is 0 Å². The van der Waals surface area contributed by atoms with Crippen LogP contribution >= 0.6 is 0 Å². The Morgan fingerprint density at radius 3 is 2.43 bits per heavy atom. The maximum absolute atomic E-state index is 12.0. The molecule has 2 rings (SSSR count). The van der Waals surface area contributed by atoms with Crippen molar-refractivity contribution in [3.05, 3.63) is 35.9 Å². The van der Waals surface area contributed by atoms with Crippen molar-refractivity contribution in [3.8, 4) is 0 Å². The van der Waals surface area contributed by atoms with Gasteiger partial charge in [-0.25, -0.2) is 5.32 Å². The van der Waals surface area contributed by atoms with E-state index >= 15 is 0 Å². The third kappa shape index (κ3) is 2.02. The quantitative estimate of drug-likeness (QED) is 0.652. The minimum absolute atomic E-state index is 0.204. The lowest BCUT2D eigenvalue weighted by Crippen LogP contribution is -2.27. The highest BCUT2D eigenvalue weighted by Gasteiger charge is 2.21. The molecular weight excluding hydrogens is 174 g/mol. The number of piperidine rings is 1. The monoisotopic (exact) mass is 188 g/mol. The lowest BCUT2D eigenvalue weighted by atomic mass is 9.90. The minimum atomic E-state index is 0.204. The van der Waals surface area contributed by atoms with Crippen LogP contribution in [0.4, 0.5) is 0 Å². The first-order valence-corrected chi connectivity index (χ1v) is 5.10. The first-order chi connectivity index (χ1) is 6.88. The number of benzene rings is 1. The third-order valence-corrected chi connectivity index (χ3v) is 2.70. The van der Waals surface area contributed by atoms with Crippen LogP contribution in [0, 0.1) is 5.92 Å². The number of hydrogen-bond acceptors (Lipinski definition) is 1. The van der Waals surface area contributed by atoms with Gasteiger partial charge in [-0.1, -0.05) is 30.3 Å². The summed E-state index contributed by atoms with van der Waals surface area (Å²) in [7, 11) is 0. The van der Waals surface area contributed by atoms with E-state index in [0.717, 1.165) is 31.5 Å². The largest absolute Gasteiger partial charge is 0.294 e. The Balaban J connectivity index is 2.07. The number of nitrogens with zero attached hydrogens (tertiary/aromatic N) is 1. The highest BCUT2D eigenvalue weighted by molar-refractivity contribution is 5.97. The van der Waals surface area contributed by atoms with Gasteiger partial charge in [-0.3, -0.25) is 4.79 Å². The summed E-state index contributed by atoms with van der Waals surface area (Å²) in [5.74, 6) is 0.496. The molecule has 0 atom stereocenters. The zero-order valence-electron chi connectivity index (χ0n) is 8.15. The van der Waals surface area contributed by atoms with Gasteiger partial charge in [0.1, 0.15) is 0 Å². The van der Waals surface area contributed by atoms with E-state index in [1.54, 1.807) is 0 Å². The molecule has 0 unspecified atom stereocenters. The zero-order chi connectivity index (χ0) is 9.80. The molecule has 0 N–H and O–H groups in total. The number of carbonyl (C=O) groups excluding carboxylic acids is 1. The number of carbonyl (C=O) groups is 1. The molecule has 14 heavy (non-hydrogen) atoms. The van der Waals surface area contributed by atoms with E-state index in [1.807, 2.05) is 30.3 Å². The van der Waals surface area contributed by atoms with Gasteiger partial charge in [0.05, 0.1) is 0 Å². The maximum atomic E-state index is 12.0. The smallest absolute Gasteiger partial charge is 0.166 e. The van der Waals surface area contributed by atoms with E-state index in [-0.39, 0.29) is 5.92 Å². The second kappa shape index (κ2) is 4.38. The lowest BCUT2D eigenvalue weighted by Gasteiger charge is -2.20. The van der Waals surface area contributed by atoms with Crippen LogP contribution in [0.3, 0.4) is 0 Å². The van der Waals surface area contributed by atoms with Gasteiger partial charge in [-0.2, -0.15) is 0 Å². The zero-order valence-corrected chi connectivity index (χ0v) is 8.15. The molecular formula is C12H14NO. The first kappa shape index (κ1) is 9.41. The Labute approximate surface area is 84.3 Å². The summed E-state index contributed by atoms with van der Waals surface area (Å²) in [6, 6.07) is 9.57. The predicted molar refractivity (Wildman–Crippen MR) is 55.4 cm³/mol. The van der Waals surface area contributed by atoms with E-state index in [2.05, 4.69) is 5.32 Å². The molecule has 1 saturated heterocycles. The molecule has 73 valence electrons. The van der Waals surface area contributed by atoms with Crippen LogP contribution in [-0.4, -0.2) is 18.9 Å². The fourth-order valence-corrected chi connectivity index (χ4v) is 1.85. The molecule has 0 aliphatic carbocycles. The molecule has 2 nitrogen and oxygen atoms in total. The van der Waals surface area contributed by atoms with E-state index in [9.17, 15) is 4.79 Å². The van der Waals surface area contributed by atoms with E-state index < -0.39 is 0 Å². The van der Waals surface area contributed by atoms with Gasteiger partial charge < -0.3 is 0 Å². The van der Waals surface area contributed by atoms with Crippen LogP contribution in [0.5, 0.6) is 0 Å². The maximum Gasteiger partial charge on any atom is 0.166 e. The molecule has 2 heteroatoms. The Kier molecular flexibility index (Phi) is 2.94. The Bertz CT molecular complexity index is 301. The molecule has 0 bridgehead atoms. The van der Waals surface area contributed by atoms with Gasteiger partial charge in [0.2, 0.25) is 0 Å². The van der Waals surface area contributed by atoms with Crippen molar-refractivity contribution in [2.24, 2.45) is 5.92 Å². The van der Waals surface area contributed by atoms with Crippen molar-refractivity contribution in [1.82, 2.24) is 5.32 Å². The number of Topliss-reactive ketones (excluding diaryl/α,β-unsaturated/α-hetero) is 1. The Morgan fingerprint density at radius 2 is 1.79 bits per heavy atom. The lowest BCUT2D eigenvalue weighted by molar-refractivity contribution is 0.0894. The topological polar surface area (TPSA) is 31.2 Å². The molecule has 0 amide bonds. The summed E-state index contributed by atoms with van der Waals surface area (Å²) in [5.41, 5.74) is 0.847. The van der Waals surface area contributed by atoms with Crippen LogP contribution < -0.4 is 5.32 Å². The molecule has 1 radical (unpaired) electrons. The van der Waals surface area contributed by atoms with Crippen LogP contribution in [-0.2, 0) is 0 Å². The van der Waals surface area contributed by atoms with Gasteiger partial charge in [-0.15, -0.1) is 0 Å². The van der Waals surface area contributed by atoms with E-state index in [4.69, 9.17) is 0 Å². The van der Waals surface area contributed by atoms with Crippen LogP contribution in [0.15, 0.2) is 30.3 Å². The SMILES string of the molecule is O=C(c1ccccc1)C1CC[N]CC1. The number of ketones is 1. The van der Waals surface area contributed by atoms with Crippen molar-refractivity contribution in [2.45, 2.75) is 12.8 Å². The molecule has 1 aromatic carbocycles. The number of rotatable bonds is 2. The van der Waals surface area contributed by atoms with Gasteiger partial charge in [0.25, 0.3) is 0 Å². The standard InChI is InChI=1S/C12H14NO/c14-12(10-4-2-1-3-5-10)11-6-8-13-9-7-11/h1-5,11H,6-9H2. The molecule has 0 aromatic heterocycles. The summed E-state index contributed by atoms with van der Waals surface area (Å²) in [6.07, 6.45) is 1.85. The summed E-state index contributed by atoms with van der Waals surface area (Å²) in [5, 5.41) is 4.25. The molecule has 0 spiro atoms. The van der Waals surface area contributed by atoms with Crippen molar-refractivity contribution in [2.75, 3.05) is 13.1 Å². The predicted octanol–water partition coefficient (Wildman–Crippen LogP) is 1.88. The molecule has 1 aromatic rings. The fraction of sp³-hybridized carbons (Fsp3) is 0.417. The van der Waals surface area contributed by atoms with Gasteiger partial charge >= 0.3 is 0 Å². The average molecular weight is 188 g/mol. The first-order valence-electron chi connectivity index (χ1n) is 5.10. The second-order valence-corrected chi connectivity index (χ2v) is 3.68. The summed E-state index contributed by atoms with van der Waals surface area (Å²) >= 11 is 0. The summed E-state index contributed by atoms with van der Waals surface area (Å²) < 4.78 is 0. The minimum Gasteiger partial charge on any atom is -0.294 e. The second-order valence-electron chi connectivity index (χ2n) is 3.68. The Morgan fingerprint density at radius 1 is 1.14 bits per heavy atom.